The fraction of sp³-hybridized carbons (Fsp3) is 0.500. The van der Waals surface area contributed by atoms with Crippen molar-refractivity contribution >= 4 is 11.3 Å². The summed E-state index contributed by atoms with van der Waals surface area (Å²) in [6, 6.07) is 0. The molecule has 0 spiro atoms. The summed E-state index contributed by atoms with van der Waals surface area (Å²) in [6.07, 6.45) is 1.08. The first-order chi connectivity index (χ1) is 5.60. The SMILES string of the molecule is COc1ncc(C(F)(F)CN)s1. The molecule has 1 aromatic rings. The third-order valence-corrected chi connectivity index (χ3v) is 2.35. The molecule has 0 amide bonds. The number of halogens is 2. The molecule has 12 heavy (non-hydrogen) atoms. The van der Waals surface area contributed by atoms with Crippen molar-refractivity contribution in [2.24, 2.45) is 5.73 Å². The Balaban J connectivity index is 2.88. The smallest absolute Gasteiger partial charge is 0.295 e. The van der Waals surface area contributed by atoms with Crippen molar-refractivity contribution in [1.82, 2.24) is 4.98 Å². The molecule has 0 aliphatic rings. The maximum Gasteiger partial charge on any atom is 0.295 e. The molecule has 1 aromatic heterocycles. The number of hydrogen-bond donors (Lipinski definition) is 1. The van der Waals surface area contributed by atoms with Gasteiger partial charge in [0.15, 0.2) is 0 Å². The Morgan fingerprint density at radius 2 is 2.42 bits per heavy atom. The van der Waals surface area contributed by atoms with E-state index in [2.05, 4.69) is 9.72 Å². The standard InChI is InChI=1S/C6H8F2N2OS/c1-11-5-10-2-4(12-5)6(7,8)3-9/h2H,3,9H2,1H3. The lowest BCUT2D eigenvalue weighted by atomic mass is 10.3. The summed E-state index contributed by atoms with van der Waals surface area (Å²) in [6.45, 7) is -0.710. The van der Waals surface area contributed by atoms with Gasteiger partial charge in [0.05, 0.1) is 24.7 Å². The average molecular weight is 194 g/mol. The van der Waals surface area contributed by atoms with Crippen molar-refractivity contribution in [2.45, 2.75) is 5.92 Å². The molecule has 0 atom stereocenters. The number of rotatable bonds is 3. The predicted molar refractivity (Wildman–Crippen MR) is 41.6 cm³/mol. The van der Waals surface area contributed by atoms with Crippen molar-refractivity contribution in [3.63, 3.8) is 0 Å². The van der Waals surface area contributed by atoms with E-state index in [1.165, 1.54) is 7.11 Å². The second-order valence-electron chi connectivity index (χ2n) is 2.10. The lowest BCUT2D eigenvalue weighted by molar-refractivity contribution is 0.00968. The number of methoxy groups -OCH3 is 1. The van der Waals surface area contributed by atoms with Gasteiger partial charge in [-0.15, -0.1) is 0 Å². The molecule has 6 heteroatoms. The van der Waals surface area contributed by atoms with Crippen LogP contribution in [0.2, 0.25) is 0 Å². The molecule has 0 aliphatic heterocycles. The Bertz CT molecular complexity index is 264. The van der Waals surface area contributed by atoms with Crippen LogP contribution in [-0.2, 0) is 5.92 Å². The van der Waals surface area contributed by atoms with Crippen LogP contribution in [0, 0.1) is 0 Å². The van der Waals surface area contributed by atoms with Crippen LogP contribution in [0.15, 0.2) is 6.20 Å². The largest absolute Gasteiger partial charge is 0.473 e. The topological polar surface area (TPSA) is 48.1 Å². The first-order valence-electron chi connectivity index (χ1n) is 3.18. The van der Waals surface area contributed by atoms with Gasteiger partial charge in [-0.2, -0.15) is 8.78 Å². The van der Waals surface area contributed by atoms with Crippen LogP contribution in [0.5, 0.6) is 5.19 Å². The van der Waals surface area contributed by atoms with Gasteiger partial charge in [0, 0.05) is 0 Å². The lowest BCUT2D eigenvalue weighted by Crippen LogP contribution is -2.23. The highest BCUT2D eigenvalue weighted by atomic mass is 32.1. The second-order valence-corrected chi connectivity index (χ2v) is 3.10. The molecule has 0 aliphatic carbocycles. The molecule has 0 saturated heterocycles. The van der Waals surface area contributed by atoms with Gasteiger partial charge in [0.1, 0.15) is 0 Å². The minimum Gasteiger partial charge on any atom is -0.473 e. The van der Waals surface area contributed by atoms with E-state index in [4.69, 9.17) is 5.73 Å². The minimum atomic E-state index is -2.99. The van der Waals surface area contributed by atoms with Gasteiger partial charge in [-0.1, -0.05) is 11.3 Å². The number of nitrogens with zero attached hydrogens (tertiary/aromatic N) is 1. The molecular formula is C6H8F2N2OS. The molecule has 68 valence electrons. The zero-order chi connectivity index (χ0) is 9.19. The van der Waals surface area contributed by atoms with Crippen LogP contribution < -0.4 is 10.5 Å². The van der Waals surface area contributed by atoms with Crippen molar-refractivity contribution in [2.75, 3.05) is 13.7 Å². The van der Waals surface area contributed by atoms with E-state index >= 15 is 0 Å². The molecule has 0 aromatic carbocycles. The van der Waals surface area contributed by atoms with Gasteiger partial charge in [-0.25, -0.2) is 4.98 Å². The van der Waals surface area contributed by atoms with Crippen LogP contribution in [0.1, 0.15) is 4.88 Å². The van der Waals surface area contributed by atoms with Gasteiger partial charge in [0.2, 0.25) is 0 Å². The molecule has 3 nitrogen and oxygen atoms in total. The highest BCUT2D eigenvalue weighted by Gasteiger charge is 2.32. The number of aromatic nitrogens is 1. The number of thiazole rings is 1. The summed E-state index contributed by atoms with van der Waals surface area (Å²) in [5.41, 5.74) is 4.88. The van der Waals surface area contributed by atoms with Gasteiger partial charge in [-0.3, -0.25) is 0 Å². The highest BCUT2D eigenvalue weighted by molar-refractivity contribution is 7.13. The summed E-state index contributed by atoms with van der Waals surface area (Å²) in [7, 11) is 1.38. The van der Waals surface area contributed by atoms with Crippen LogP contribution in [0.3, 0.4) is 0 Å². The van der Waals surface area contributed by atoms with E-state index in [1.54, 1.807) is 0 Å². The normalized spacial score (nSPS) is 11.7. The van der Waals surface area contributed by atoms with Gasteiger partial charge in [0.25, 0.3) is 11.1 Å². The van der Waals surface area contributed by atoms with E-state index in [0.29, 0.717) is 0 Å². The third-order valence-electron chi connectivity index (χ3n) is 1.28. The first-order valence-corrected chi connectivity index (χ1v) is 4.00. The Hall–Kier alpha value is -0.750. The fourth-order valence-corrected chi connectivity index (χ4v) is 1.34. The summed E-state index contributed by atoms with van der Waals surface area (Å²) < 4.78 is 30.3. The van der Waals surface area contributed by atoms with Crippen molar-refractivity contribution in [1.29, 1.82) is 0 Å². The molecular weight excluding hydrogens is 186 g/mol. The molecule has 0 bridgehead atoms. The van der Waals surface area contributed by atoms with Crippen molar-refractivity contribution in [3.05, 3.63) is 11.1 Å². The van der Waals surface area contributed by atoms with Crippen LogP contribution >= 0.6 is 11.3 Å². The third kappa shape index (κ3) is 1.70. The summed E-state index contributed by atoms with van der Waals surface area (Å²) in [5.74, 6) is -2.99. The Morgan fingerprint density at radius 1 is 1.75 bits per heavy atom. The Morgan fingerprint density at radius 3 is 2.83 bits per heavy atom. The lowest BCUT2D eigenvalue weighted by Gasteiger charge is -2.09. The highest BCUT2D eigenvalue weighted by Crippen LogP contribution is 2.33. The van der Waals surface area contributed by atoms with Crippen molar-refractivity contribution in [3.8, 4) is 5.19 Å². The molecule has 1 heterocycles. The van der Waals surface area contributed by atoms with E-state index in [-0.39, 0.29) is 10.1 Å². The van der Waals surface area contributed by atoms with Gasteiger partial charge in [-0.05, 0) is 0 Å². The number of ether oxygens (including phenoxy) is 1. The minimum absolute atomic E-state index is 0.165. The van der Waals surface area contributed by atoms with E-state index in [0.717, 1.165) is 17.5 Å². The second kappa shape index (κ2) is 3.32. The molecule has 0 saturated carbocycles. The van der Waals surface area contributed by atoms with Crippen LogP contribution in [-0.4, -0.2) is 18.6 Å². The number of hydrogen-bond acceptors (Lipinski definition) is 4. The summed E-state index contributed by atoms with van der Waals surface area (Å²) in [5, 5.41) is 0.220. The summed E-state index contributed by atoms with van der Waals surface area (Å²) in [4.78, 5) is 3.44. The zero-order valence-corrected chi connectivity index (χ0v) is 7.20. The van der Waals surface area contributed by atoms with Gasteiger partial charge >= 0.3 is 0 Å². The molecule has 1 rings (SSSR count). The molecule has 2 N–H and O–H groups in total. The maximum atomic E-state index is 12.8. The molecule has 0 unspecified atom stereocenters. The Kier molecular flexibility index (Phi) is 2.58. The van der Waals surface area contributed by atoms with Crippen molar-refractivity contribution < 1.29 is 13.5 Å². The monoisotopic (exact) mass is 194 g/mol. The predicted octanol–water partition coefficient (Wildman–Crippen LogP) is 1.20. The van der Waals surface area contributed by atoms with E-state index < -0.39 is 12.5 Å². The van der Waals surface area contributed by atoms with E-state index in [9.17, 15) is 8.78 Å². The van der Waals surface area contributed by atoms with Gasteiger partial charge < -0.3 is 10.5 Å². The average Bonchev–Trinajstić information content (AvgIpc) is 2.52. The number of nitrogens with two attached hydrogens (primary N) is 1. The fourth-order valence-electron chi connectivity index (χ4n) is 0.622. The van der Waals surface area contributed by atoms with E-state index in [1.807, 2.05) is 0 Å². The molecule has 0 fully saturated rings. The maximum absolute atomic E-state index is 12.8. The van der Waals surface area contributed by atoms with Crippen LogP contribution in [0.4, 0.5) is 8.78 Å². The zero-order valence-electron chi connectivity index (χ0n) is 6.38. The summed E-state index contributed by atoms with van der Waals surface area (Å²) >= 11 is 0.801. The quantitative estimate of drug-likeness (QED) is 0.786. The Labute approximate surface area is 72.2 Å². The number of alkyl halides is 2. The molecule has 0 radical (unpaired) electrons. The first kappa shape index (κ1) is 9.34. The van der Waals surface area contributed by atoms with Crippen LogP contribution in [0.25, 0.3) is 0 Å².